The zero-order chi connectivity index (χ0) is 28.5. The Hall–Kier alpha value is -3.15. The lowest BCUT2D eigenvalue weighted by Crippen LogP contribution is -2.47. The first kappa shape index (κ1) is 29.4. The summed E-state index contributed by atoms with van der Waals surface area (Å²) in [5.74, 6) is -2.01. The van der Waals surface area contributed by atoms with Crippen molar-refractivity contribution >= 4 is 27.5 Å². The molecule has 3 rings (SSSR count). The van der Waals surface area contributed by atoms with Crippen LogP contribution in [0, 0.1) is 11.7 Å². The normalized spacial score (nSPS) is 16.8. The predicted octanol–water partition coefficient (Wildman–Crippen LogP) is 5.21. The SMILES string of the molecule is CC[C@@H](CC(C)=O)[C@H]1CN(S(=O)(=O)c2ccc(F)cc2)c2cc(CC(=O)OC(C)(C)C(F)(F)F)ccc2O1. The topological polar surface area (TPSA) is 90.0 Å². The van der Waals surface area contributed by atoms with Crippen LogP contribution in [0.5, 0.6) is 5.75 Å². The van der Waals surface area contributed by atoms with E-state index in [0.717, 1.165) is 42.4 Å². The van der Waals surface area contributed by atoms with Gasteiger partial charge in [0.2, 0.25) is 5.60 Å². The third kappa shape index (κ3) is 6.46. The van der Waals surface area contributed by atoms with Gasteiger partial charge in [-0.1, -0.05) is 13.0 Å². The molecule has 0 aliphatic carbocycles. The molecular formula is C26H29F4NO6S. The van der Waals surface area contributed by atoms with Crippen LogP contribution < -0.4 is 9.04 Å². The summed E-state index contributed by atoms with van der Waals surface area (Å²) in [7, 11) is -4.25. The molecule has 0 saturated carbocycles. The highest BCUT2D eigenvalue weighted by atomic mass is 32.2. The van der Waals surface area contributed by atoms with E-state index in [-0.39, 0.29) is 46.6 Å². The third-order valence-electron chi connectivity index (χ3n) is 6.32. The van der Waals surface area contributed by atoms with Crippen molar-refractivity contribution in [2.45, 2.75) is 69.7 Å². The fourth-order valence-electron chi connectivity index (χ4n) is 4.09. The number of hydrogen-bond acceptors (Lipinski definition) is 6. The molecule has 7 nitrogen and oxygen atoms in total. The maximum absolute atomic E-state index is 13.6. The second-order valence-electron chi connectivity index (χ2n) is 9.68. The highest BCUT2D eigenvalue weighted by Gasteiger charge is 2.50. The molecule has 0 bridgehead atoms. The quantitative estimate of drug-likeness (QED) is 0.309. The average Bonchev–Trinajstić information content (AvgIpc) is 2.80. The minimum Gasteiger partial charge on any atom is -0.486 e. The molecule has 1 aliphatic rings. The number of nitrogens with zero attached hydrogens (tertiary/aromatic N) is 1. The summed E-state index contributed by atoms with van der Waals surface area (Å²) in [5, 5.41) is 0. The number of esters is 1. The van der Waals surface area contributed by atoms with Crippen molar-refractivity contribution in [2.75, 3.05) is 10.8 Å². The first-order valence-electron chi connectivity index (χ1n) is 11.9. The van der Waals surface area contributed by atoms with E-state index in [1.165, 1.54) is 25.1 Å². The number of alkyl halides is 3. The summed E-state index contributed by atoms with van der Waals surface area (Å²) in [4.78, 5) is 23.9. The Morgan fingerprint density at radius 1 is 1.13 bits per heavy atom. The van der Waals surface area contributed by atoms with Gasteiger partial charge in [0.05, 0.1) is 23.5 Å². The summed E-state index contributed by atoms with van der Waals surface area (Å²) < 4.78 is 91.9. The number of fused-ring (bicyclic) bond motifs is 1. The summed E-state index contributed by atoms with van der Waals surface area (Å²) in [5.41, 5.74) is -2.45. The number of rotatable bonds is 9. The largest absolute Gasteiger partial charge is 0.486 e. The zero-order valence-electron chi connectivity index (χ0n) is 21.3. The maximum Gasteiger partial charge on any atom is 0.427 e. The Labute approximate surface area is 218 Å². The van der Waals surface area contributed by atoms with Gasteiger partial charge in [0.15, 0.2) is 0 Å². The molecule has 0 amide bonds. The molecule has 0 fully saturated rings. The van der Waals surface area contributed by atoms with Crippen LogP contribution in [0.25, 0.3) is 0 Å². The number of Topliss-reactive ketones (excluding diaryl/α,β-unsaturated/α-hetero) is 1. The third-order valence-corrected chi connectivity index (χ3v) is 8.11. The molecule has 0 N–H and O–H groups in total. The molecule has 2 aromatic carbocycles. The van der Waals surface area contributed by atoms with Crippen LogP contribution in [-0.4, -0.2) is 44.6 Å². The number of hydrogen-bond donors (Lipinski definition) is 0. The highest BCUT2D eigenvalue weighted by Crippen LogP contribution is 2.40. The summed E-state index contributed by atoms with van der Waals surface area (Å²) in [6.07, 6.45) is -5.32. The monoisotopic (exact) mass is 559 g/mol. The van der Waals surface area contributed by atoms with E-state index in [0.29, 0.717) is 6.42 Å². The van der Waals surface area contributed by atoms with E-state index in [1.54, 1.807) is 0 Å². The highest BCUT2D eigenvalue weighted by molar-refractivity contribution is 7.92. The number of ketones is 1. The first-order valence-corrected chi connectivity index (χ1v) is 13.3. The minimum absolute atomic E-state index is 0.0589. The van der Waals surface area contributed by atoms with Crippen molar-refractivity contribution in [3.8, 4) is 5.75 Å². The van der Waals surface area contributed by atoms with Gasteiger partial charge >= 0.3 is 12.1 Å². The molecular weight excluding hydrogens is 530 g/mol. The predicted molar refractivity (Wildman–Crippen MR) is 131 cm³/mol. The van der Waals surface area contributed by atoms with E-state index in [1.807, 2.05) is 6.92 Å². The summed E-state index contributed by atoms with van der Waals surface area (Å²) in [6, 6.07) is 8.42. The minimum atomic E-state index is -4.78. The smallest absolute Gasteiger partial charge is 0.427 e. The van der Waals surface area contributed by atoms with Gasteiger partial charge in [-0.05, 0) is 69.2 Å². The molecule has 0 spiro atoms. The fourth-order valence-corrected chi connectivity index (χ4v) is 5.57. The van der Waals surface area contributed by atoms with Crippen molar-refractivity contribution in [1.82, 2.24) is 0 Å². The molecule has 2 aromatic rings. The van der Waals surface area contributed by atoms with Crippen molar-refractivity contribution in [3.05, 3.63) is 53.8 Å². The van der Waals surface area contributed by atoms with Crippen LogP contribution >= 0.6 is 0 Å². The molecule has 0 unspecified atom stereocenters. The number of benzene rings is 2. The Kier molecular flexibility index (Phi) is 8.45. The van der Waals surface area contributed by atoms with Crippen molar-refractivity contribution in [1.29, 1.82) is 0 Å². The molecule has 1 aliphatic heterocycles. The van der Waals surface area contributed by atoms with Gasteiger partial charge in [-0.25, -0.2) is 12.8 Å². The fraction of sp³-hybridized carbons (Fsp3) is 0.462. The Balaban J connectivity index is 2.00. The van der Waals surface area contributed by atoms with Crippen LogP contribution in [0.15, 0.2) is 47.4 Å². The van der Waals surface area contributed by atoms with E-state index < -0.39 is 46.1 Å². The molecule has 1 heterocycles. The number of anilines is 1. The Morgan fingerprint density at radius 2 is 1.76 bits per heavy atom. The second kappa shape index (κ2) is 10.9. The van der Waals surface area contributed by atoms with Gasteiger partial charge in [-0.3, -0.25) is 9.10 Å². The van der Waals surface area contributed by atoms with Gasteiger partial charge in [0.1, 0.15) is 23.5 Å². The van der Waals surface area contributed by atoms with Crippen LogP contribution in [-0.2, 0) is 30.8 Å². The summed E-state index contributed by atoms with van der Waals surface area (Å²) in [6.45, 7) is 4.57. The van der Waals surface area contributed by atoms with Gasteiger partial charge in [0, 0.05) is 12.3 Å². The van der Waals surface area contributed by atoms with Crippen molar-refractivity contribution < 1.29 is 45.0 Å². The molecule has 38 heavy (non-hydrogen) atoms. The van der Waals surface area contributed by atoms with Gasteiger partial charge in [-0.15, -0.1) is 0 Å². The van der Waals surface area contributed by atoms with E-state index in [9.17, 15) is 35.6 Å². The molecule has 0 aromatic heterocycles. The Morgan fingerprint density at radius 3 is 2.32 bits per heavy atom. The van der Waals surface area contributed by atoms with Crippen molar-refractivity contribution in [3.63, 3.8) is 0 Å². The van der Waals surface area contributed by atoms with E-state index in [4.69, 9.17) is 4.74 Å². The van der Waals surface area contributed by atoms with Crippen LogP contribution in [0.1, 0.15) is 46.1 Å². The average molecular weight is 560 g/mol. The van der Waals surface area contributed by atoms with E-state index in [2.05, 4.69) is 4.74 Å². The number of sulfonamides is 1. The molecule has 12 heteroatoms. The van der Waals surface area contributed by atoms with Gasteiger partial charge in [-0.2, -0.15) is 13.2 Å². The maximum atomic E-state index is 13.6. The Bertz CT molecular complexity index is 1290. The molecule has 208 valence electrons. The summed E-state index contributed by atoms with van der Waals surface area (Å²) >= 11 is 0. The number of carbonyl (C=O) groups is 2. The van der Waals surface area contributed by atoms with Gasteiger partial charge in [0.25, 0.3) is 10.0 Å². The van der Waals surface area contributed by atoms with E-state index >= 15 is 0 Å². The molecule has 2 atom stereocenters. The van der Waals surface area contributed by atoms with Crippen LogP contribution in [0.3, 0.4) is 0 Å². The molecule has 0 saturated heterocycles. The lowest BCUT2D eigenvalue weighted by molar-refractivity contribution is -0.257. The number of ether oxygens (including phenoxy) is 2. The number of halogens is 4. The van der Waals surface area contributed by atoms with Gasteiger partial charge < -0.3 is 14.3 Å². The standard InChI is InChI=1S/C26H29F4NO6S/c1-5-18(12-16(2)32)23-15-31(38(34,35)20-9-7-19(27)8-10-20)21-13-17(6-11-22(21)36-23)14-24(33)37-25(3,4)26(28,29)30/h6-11,13,18,23H,5,12,14-15H2,1-4H3/t18-,23+/m0/s1. The van der Waals surface area contributed by atoms with Crippen LogP contribution in [0.2, 0.25) is 0 Å². The second-order valence-corrected chi connectivity index (χ2v) is 11.5. The lowest BCUT2D eigenvalue weighted by Gasteiger charge is -2.38. The zero-order valence-corrected chi connectivity index (χ0v) is 22.2. The van der Waals surface area contributed by atoms with Crippen molar-refractivity contribution in [2.24, 2.45) is 5.92 Å². The molecule has 0 radical (unpaired) electrons. The van der Waals surface area contributed by atoms with Crippen LogP contribution in [0.4, 0.5) is 23.2 Å². The first-order chi connectivity index (χ1) is 17.5. The number of carbonyl (C=O) groups excluding carboxylic acids is 2. The lowest BCUT2D eigenvalue weighted by atomic mass is 9.92.